The van der Waals surface area contributed by atoms with Gasteiger partial charge in [-0.1, -0.05) is 195 Å². The van der Waals surface area contributed by atoms with Crippen molar-refractivity contribution < 1.29 is 28.6 Å². The van der Waals surface area contributed by atoms with Crippen molar-refractivity contribution >= 4 is 17.9 Å². The maximum atomic E-state index is 12.8. The largest absolute Gasteiger partial charge is 0.462 e. The summed E-state index contributed by atoms with van der Waals surface area (Å²) < 4.78 is 16.7. The van der Waals surface area contributed by atoms with Gasteiger partial charge in [-0.15, -0.1) is 0 Å². The van der Waals surface area contributed by atoms with E-state index in [0.29, 0.717) is 12.8 Å². The molecule has 0 aliphatic carbocycles. The monoisotopic (exact) mass is 875 g/mol. The van der Waals surface area contributed by atoms with E-state index >= 15 is 0 Å². The highest BCUT2D eigenvalue weighted by Gasteiger charge is 2.19. The van der Waals surface area contributed by atoms with Crippen LogP contribution in [0.15, 0.2) is 97.2 Å². The molecule has 0 fully saturated rings. The maximum Gasteiger partial charge on any atom is 0.306 e. The van der Waals surface area contributed by atoms with E-state index < -0.39 is 6.10 Å². The van der Waals surface area contributed by atoms with Crippen LogP contribution < -0.4 is 0 Å². The van der Waals surface area contributed by atoms with Crippen LogP contribution in [0.25, 0.3) is 0 Å². The van der Waals surface area contributed by atoms with Gasteiger partial charge in [0.2, 0.25) is 0 Å². The summed E-state index contributed by atoms with van der Waals surface area (Å²) in [5.41, 5.74) is 0. The summed E-state index contributed by atoms with van der Waals surface area (Å²) in [7, 11) is 0. The summed E-state index contributed by atoms with van der Waals surface area (Å²) in [6.45, 7) is 6.39. The normalized spacial score (nSPS) is 12.9. The van der Waals surface area contributed by atoms with Crippen LogP contribution in [0.1, 0.15) is 226 Å². The number of hydrogen-bond donors (Lipinski definition) is 0. The molecule has 6 heteroatoms. The van der Waals surface area contributed by atoms with E-state index in [1.807, 2.05) is 0 Å². The van der Waals surface area contributed by atoms with Crippen LogP contribution in [0.5, 0.6) is 0 Å². The van der Waals surface area contributed by atoms with Crippen LogP contribution in [0.2, 0.25) is 0 Å². The second kappa shape index (κ2) is 51.0. The van der Waals surface area contributed by atoms with E-state index in [0.717, 1.165) is 109 Å². The Morgan fingerprint density at radius 1 is 0.333 bits per heavy atom. The number of hydrogen-bond acceptors (Lipinski definition) is 6. The number of esters is 3. The van der Waals surface area contributed by atoms with E-state index in [1.165, 1.54) is 70.6 Å². The topological polar surface area (TPSA) is 78.9 Å². The lowest BCUT2D eigenvalue weighted by Crippen LogP contribution is -2.30. The van der Waals surface area contributed by atoms with E-state index in [2.05, 4.69) is 118 Å². The Labute approximate surface area is 387 Å². The van der Waals surface area contributed by atoms with Crippen LogP contribution in [-0.2, 0) is 28.6 Å². The Morgan fingerprint density at radius 3 is 1.10 bits per heavy atom. The molecule has 63 heavy (non-hydrogen) atoms. The van der Waals surface area contributed by atoms with Crippen LogP contribution in [-0.4, -0.2) is 37.2 Å². The highest BCUT2D eigenvalue weighted by molar-refractivity contribution is 5.71. The Hall–Kier alpha value is -3.67. The summed E-state index contributed by atoms with van der Waals surface area (Å²) >= 11 is 0. The summed E-state index contributed by atoms with van der Waals surface area (Å²) in [5, 5.41) is 0. The zero-order valence-electron chi connectivity index (χ0n) is 40.8. The molecular weight excluding hydrogens is 781 g/mol. The fourth-order valence-electron chi connectivity index (χ4n) is 6.66. The van der Waals surface area contributed by atoms with E-state index in [1.54, 1.807) is 0 Å². The Bertz CT molecular complexity index is 1280. The Morgan fingerprint density at radius 2 is 0.651 bits per heavy atom. The highest BCUT2D eigenvalue weighted by atomic mass is 16.6. The van der Waals surface area contributed by atoms with Crippen LogP contribution in [0.4, 0.5) is 0 Å². The molecule has 1 atom stereocenters. The number of allylic oxidation sites excluding steroid dienone is 16. The molecule has 0 saturated heterocycles. The Balaban J connectivity index is 4.51. The van der Waals surface area contributed by atoms with Crippen molar-refractivity contribution in [3.8, 4) is 0 Å². The minimum absolute atomic E-state index is 0.109. The molecule has 0 amide bonds. The first-order valence-electron chi connectivity index (χ1n) is 25.7. The van der Waals surface area contributed by atoms with Gasteiger partial charge in [-0.3, -0.25) is 14.4 Å². The van der Waals surface area contributed by atoms with Crippen molar-refractivity contribution in [3.05, 3.63) is 97.2 Å². The van der Waals surface area contributed by atoms with Crippen molar-refractivity contribution in [2.24, 2.45) is 0 Å². The lowest BCUT2D eigenvalue weighted by molar-refractivity contribution is -0.167. The van der Waals surface area contributed by atoms with Gasteiger partial charge in [0, 0.05) is 19.3 Å². The lowest BCUT2D eigenvalue weighted by atomic mass is 10.1. The molecule has 0 radical (unpaired) electrons. The highest BCUT2D eigenvalue weighted by Crippen LogP contribution is 2.12. The molecule has 358 valence electrons. The number of rotatable bonds is 45. The van der Waals surface area contributed by atoms with Gasteiger partial charge < -0.3 is 14.2 Å². The maximum absolute atomic E-state index is 12.8. The first-order valence-corrected chi connectivity index (χ1v) is 25.7. The molecule has 0 aromatic rings. The fraction of sp³-hybridized carbons (Fsp3) is 0.667. The van der Waals surface area contributed by atoms with E-state index in [9.17, 15) is 14.4 Å². The molecule has 0 aliphatic heterocycles. The average Bonchev–Trinajstić information content (AvgIpc) is 3.28. The predicted octanol–water partition coefficient (Wildman–Crippen LogP) is 17.0. The summed E-state index contributed by atoms with van der Waals surface area (Å²) in [6, 6.07) is 0. The van der Waals surface area contributed by atoms with Gasteiger partial charge in [0.05, 0.1) is 0 Å². The molecule has 0 heterocycles. The average molecular weight is 875 g/mol. The summed E-state index contributed by atoms with van der Waals surface area (Å²) in [5.74, 6) is -1.00. The molecular formula is C57H94O6. The summed E-state index contributed by atoms with van der Waals surface area (Å²) in [6.07, 6.45) is 66.8. The zero-order chi connectivity index (χ0) is 45.8. The standard InChI is InChI=1S/C57H94O6/c1-4-7-10-13-16-19-22-24-26-28-30-32-35-38-41-44-47-50-56(59)62-53-54(52-61-55(58)49-46-43-40-37-34-21-18-15-12-9-6-3)63-57(60)51-48-45-42-39-36-33-31-29-27-25-23-20-17-14-11-8-5-2/h8,11,15,17-18,20,24-27,30-33,38,41,54H,4-7,9-10,12-14,16,19,21-23,28-29,34-37,39-40,42-53H2,1-3H3/b11-8-,18-15-,20-17-,26-24-,27-25-,32-30-,33-31-,41-38-/t54-/m0/s1. The second-order valence-corrected chi connectivity index (χ2v) is 16.7. The number of unbranched alkanes of at least 4 members (excludes halogenated alkanes) is 18. The van der Waals surface area contributed by atoms with Crippen molar-refractivity contribution in [2.45, 2.75) is 232 Å². The third-order valence-electron chi connectivity index (χ3n) is 10.5. The number of carbonyl (C=O) groups excluding carboxylic acids is 3. The van der Waals surface area contributed by atoms with Gasteiger partial charge in [0.15, 0.2) is 6.10 Å². The molecule has 0 aliphatic rings. The van der Waals surface area contributed by atoms with Crippen LogP contribution in [0.3, 0.4) is 0 Å². The smallest absolute Gasteiger partial charge is 0.306 e. The van der Waals surface area contributed by atoms with E-state index in [-0.39, 0.29) is 44.0 Å². The van der Waals surface area contributed by atoms with Crippen molar-refractivity contribution in [2.75, 3.05) is 13.2 Å². The van der Waals surface area contributed by atoms with Crippen molar-refractivity contribution in [1.29, 1.82) is 0 Å². The molecule has 0 aromatic carbocycles. The molecule has 0 bridgehead atoms. The van der Waals surface area contributed by atoms with Crippen molar-refractivity contribution in [3.63, 3.8) is 0 Å². The molecule has 0 saturated carbocycles. The van der Waals surface area contributed by atoms with Gasteiger partial charge in [0.1, 0.15) is 13.2 Å². The first-order chi connectivity index (χ1) is 31.0. The molecule has 0 unspecified atom stereocenters. The third kappa shape index (κ3) is 49.2. The zero-order valence-corrected chi connectivity index (χ0v) is 40.8. The number of carbonyl (C=O) groups is 3. The fourth-order valence-corrected chi connectivity index (χ4v) is 6.66. The molecule has 0 rings (SSSR count). The summed E-state index contributed by atoms with van der Waals surface area (Å²) in [4.78, 5) is 37.9. The second-order valence-electron chi connectivity index (χ2n) is 16.7. The minimum Gasteiger partial charge on any atom is -0.462 e. The van der Waals surface area contributed by atoms with E-state index in [4.69, 9.17) is 14.2 Å². The molecule has 0 N–H and O–H groups in total. The SMILES string of the molecule is CC/C=C\C/C=C\C/C=C\C/C=C\CCCCCCC(=O)O[C@H](COC(=O)CCC/C=C\C/C=C\C/C=C\CCCCCCCC)COC(=O)CCCCCCC/C=C\CCCC. The van der Waals surface area contributed by atoms with Gasteiger partial charge >= 0.3 is 17.9 Å². The minimum atomic E-state index is -0.814. The van der Waals surface area contributed by atoms with Gasteiger partial charge in [0.25, 0.3) is 0 Å². The number of ether oxygens (including phenoxy) is 3. The van der Waals surface area contributed by atoms with Gasteiger partial charge in [-0.25, -0.2) is 0 Å². The van der Waals surface area contributed by atoms with Crippen LogP contribution >= 0.6 is 0 Å². The molecule has 0 aromatic heterocycles. The quantitative estimate of drug-likeness (QED) is 0.0262. The first kappa shape index (κ1) is 59.3. The van der Waals surface area contributed by atoms with Crippen LogP contribution in [0, 0.1) is 0 Å². The molecule has 0 spiro atoms. The lowest BCUT2D eigenvalue weighted by Gasteiger charge is -2.18. The predicted molar refractivity (Wildman–Crippen MR) is 270 cm³/mol. The Kier molecular flexibility index (Phi) is 48.0. The van der Waals surface area contributed by atoms with Crippen molar-refractivity contribution in [1.82, 2.24) is 0 Å². The van der Waals surface area contributed by atoms with Gasteiger partial charge in [-0.2, -0.15) is 0 Å². The molecule has 6 nitrogen and oxygen atoms in total. The third-order valence-corrected chi connectivity index (χ3v) is 10.5. The van der Waals surface area contributed by atoms with Gasteiger partial charge in [-0.05, 0) is 109 Å².